The Bertz CT molecular complexity index is 1360. The smallest absolute Gasteiger partial charge is 0.306 e. The minimum Gasteiger partial charge on any atom is -0.462 e. The molecule has 0 spiro atoms. The number of carbonyl (C=O) groups excluding carboxylic acids is 3. The molecular weight excluding hydrogens is 901 g/mol. The highest BCUT2D eigenvalue weighted by Gasteiger charge is 2.19. The summed E-state index contributed by atoms with van der Waals surface area (Å²) in [6.45, 7) is 6.43. The second-order valence-electron chi connectivity index (χ2n) is 20.9. The first-order valence-corrected chi connectivity index (χ1v) is 31.4. The van der Waals surface area contributed by atoms with E-state index in [1.54, 1.807) is 0 Å². The minimum absolute atomic E-state index is 0.0763. The molecule has 0 radical (unpaired) electrons. The van der Waals surface area contributed by atoms with E-state index < -0.39 is 6.10 Å². The van der Waals surface area contributed by atoms with Crippen LogP contribution in [0.2, 0.25) is 0 Å². The van der Waals surface area contributed by atoms with Crippen LogP contribution >= 0.6 is 0 Å². The molecule has 0 aromatic rings. The maximum absolute atomic E-state index is 12.8. The monoisotopic (exact) mass is 1020 g/mol. The van der Waals surface area contributed by atoms with E-state index in [0.717, 1.165) is 116 Å². The van der Waals surface area contributed by atoms with Crippen LogP contribution in [-0.4, -0.2) is 37.2 Å². The van der Waals surface area contributed by atoms with Gasteiger partial charge < -0.3 is 14.2 Å². The lowest BCUT2D eigenvalue weighted by Crippen LogP contribution is -2.30. The Labute approximate surface area is 453 Å². The van der Waals surface area contributed by atoms with Crippen molar-refractivity contribution in [3.63, 3.8) is 0 Å². The Balaban J connectivity index is 3.92. The van der Waals surface area contributed by atoms with Gasteiger partial charge >= 0.3 is 17.9 Å². The Morgan fingerprint density at radius 1 is 0.288 bits per heavy atom. The van der Waals surface area contributed by atoms with Crippen molar-refractivity contribution >= 4 is 17.9 Å². The van der Waals surface area contributed by atoms with E-state index >= 15 is 0 Å². The zero-order chi connectivity index (χ0) is 52.9. The van der Waals surface area contributed by atoms with E-state index in [0.29, 0.717) is 19.3 Å². The van der Waals surface area contributed by atoms with E-state index in [-0.39, 0.29) is 31.1 Å². The van der Waals surface area contributed by atoms with Gasteiger partial charge in [0, 0.05) is 19.3 Å². The van der Waals surface area contributed by atoms with Crippen molar-refractivity contribution in [2.24, 2.45) is 0 Å². The molecule has 0 aromatic carbocycles. The molecule has 73 heavy (non-hydrogen) atoms. The minimum atomic E-state index is -0.776. The molecule has 1 atom stereocenters. The number of esters is 3. The van der Waals surface area contributed by atoms with Crippen LogP contribution in [0.1, 0.15) is 316 Å². The van der Waals surface area contributed by atoms with E-state index in [9.17, 15) is 14.4 Å². The third-order valence-electron chi connectivity index (χ3n) is 13.7. The summed E-state index contributed by atoms with van der Waals surface area (Å²) in [7, 11) is 0. The molecule has 0 bridgehead atoms. The molecule has 6 heteroatoms. The van der Waals surface area contributed by atoms with Crippen LogP contribution in [0.3, 0.4) is 0 Å². The van der Waals surface area contributed by atoms with Gasteiger partial charge in [0.25, 0.3) is 0 Å². The molecule has 0 aliphatic carbocycles. The van der Waals surface area contributed by atoms with Crippen LogP contribution < -0.4 is 0 Å². The van der Waals surface area contributed by atoms with Crippen LogP contribution in [0, 0.1) is 0 Å². The van der Waals surface area contributed by atoms with Crippen LogP contribution in [0.5, 0.6) is 0 Å². The van der Waals surface area contributed by atoms with Gasteiger partial charge in [-0.25, -0.2) is 0 Å². The quantitative estimate of drug-likeness (QED) is 0.0261. The Morgan fingerprint density at radius 2 is 0.562 bits per heavy atom. The van der Waals surface area contributed by atoms with Crippen molar-refractivity contribution in [3.05, 3.63) is 72.9 Å². The molecule has 0 aromatic heterocycles. The molecule has 0 N–H and O–H groups in total. The first kappa shape index (κ1) is 69.8. The van der Waals surface area contributed by atoms with E-state index in [2.05, 4.69) is 93.7 Å². The molecule has 0 saturated carbocycles. The van der Waals surface area contributed by atoms with Crippen LogP contribution in [0.15, 0.2) is 72.9 Å². The third-order valence-corrected chi connectivity index (χ3v) is 13.7. The van der Waals surface area contributed by atoms with E-state index in [4.69, 9.17) is 14.2 Å². The molecule has 6 nitrogen and oxygen atoms in total. The average molecular weight is 1020 g/mol. The average Bonchev–Trinajstić information content (AvgIpc) is 3.39. The highest BCUT2D eigenvalue weighted by Crippen LogP contribution is 2.17. The molecule has 422 valence electrons. The SMILES string of the molecule is CC/C=C\C/C=C\C/C=C\C/C=C\CCCCCCCCCCCCCCCCCCCCCCCCC(=O)OCC(COC(=O)CCCCCCCCC)OC(=O)CCCCCCC/C=C\C/C=C\CCC. The van der Waals surface area contributed by atoms with Gasteiger partial charge in [0.15, 0.2) is 6.10 Å². The summed E-state index contributed by atoms with van der Waals surface area (Å²) in [4.78, 5) is 37.9. The van der Waals surface area contributed by atoms with Gasteiger partial charge in [-0.3, -0.25) is 14.4 Å². The lowest BCUT2D eigenvalue weighted by Gasteiger charge is -2.18. The number of rotatable bonds is 57. The van der Waals surface area contributed by atoms with Crippen molar-refractivity contribution in [3.8, 4) is 0 Å². The second kappa shape index (κ2) is 61.4. The van der Waals surface area contributed by atoms with E-state index in [1.807, 2.05) is 0 Å². The number of carbonyl (C=O) groups is 3. The van der Waals surface area contributed by atoms with Crippen molar-refractivity contribution in [1.82, 2.24) is 0 Å². The molecule has 1 unspecified atom stereocenters. The van der Waals surface area contributed by atoms with Gasteiger partial charge in [0.2, 0.25) is 0 Å². The maximum Gasteiger partial charge on any atom is 0.306 e. The molecule has 0 aliphatic rings. The predicted octanol–water partition coefficient (Wildman–Crippen LogP) is 21.3. The van der Waals surface area contributed by atoms with Gasteiger partial charge in [0.05, 0.1) is 0 Å². The largest absolute Gasteiger partial charge is 0.462 e. The zero-order valence-electron chi connectivity index (χ0n) is 48.4. The lowest BCUT2D eigenvalue weighted by atomic mass is 10.0. The fourth-order valence-corrected chi connectivity index (χ4v) is 9.00. The summed E-state index contributed by atoms with van der Waals surface area (Å²) in [5.74, 6) is -0.886. The summed E-state index contributed by atoms with van der Waals surface area (Å²) < 4.78 is 16.8. The predicted molar refractivity (Wildman–Crippen MR) is 316 cm³/mol. The summed E-state index contributed by atoms with van der Waals surface area (Å²) in [6.07, 6.45) is 79.6. The molecular formula is C67H118O6. The Morgan fingerprint density at radius 3 is 0.890 bits per heavy atom. The fourth-order valence-electron chi connectivity index (χ4n) is 9.00. The third kappa shape index (κ3) is 59.6. The summed E-state index contributed by atoms with van der Waals surface area (Å²) >= 11 is 0. The molecule has 0 heterocycles. The highest BCUT2D eigenvalue weighted by atomic mass is 16.6. The van der Waals surface area contributed by atoms with Gasteiger partial charge in [0.1, 0.15) is 13.2 Å². The highest BCUT2D eigenvalue weighted by molar-refractivity contribution is 5.71. The summed E-state index contributed by atoms with van der Waals surface area (Å²) in [5.41, 5.74) is 0. The van der Waals surface area contributed by atoms with Crippen molar-refractivity contribution in [2.75, 3.05) is 13.2 Å². The van der Waals surface area contributed by atoms with Gasteiger partial charge in [-0.2, -0.15) is 0 Å². The second-order valence-corrected chi connectivity index (χ2v) is 20.9. The standard InChI is InChI=1S/C67H118O6/c1-4-7-10-13-16-18-20-22-23-24-25-26-27-28-29-30-31-32-33-34-35-36-37-38-39-40-41-42-43-45-46-48-51-54-57-60-66(69)72-63-64(62-71-65(68)59-56-53-50-15-12-9-6-3)73-67(70)61-58-55-52-49-47-44-21-19-17-14-11-8-5-2/h7,10-11,14,16,18-19,21-23,25-26,64H,4-6,8-9,12-13,15,17,20,24,27-63H2,1-3H3/b10-7-,14-11-,18-16-,21-19-,23-22-,26-25-. The normalized spacial score (nSPS) is 12.5. The fraction of sp³-hybridized carbons (Fsp3) is 0.776. The number of ether oxygens (including phenoxy) is 3. The summed E-state index contributed by atoms with van der Waals surface area (Å²) in [6, 6.07) is 0. The summed E-state index contributed by atoms with van der Waals surface area (Å²) in [5, 5.41) is 0. The topological polar surface area (TPSA) is 78.9 Å². The van der Waals surface area contributed by atoms with Gasteiger partial charge in [-0.15, -0.1) is 0 Å². The molecule has 0 aliphatic heterocycles. The lowest BCUT2D eigenvalue weighted by molar-refractivity contribution is -0.167. The Kier molecular flexibility index (Phi) is 58.7. The van der Waals surface area contributed by atoms with Crippen molar-refractivity contribution in [1.29, 1.82) is 0 Å². The van der Waals surface area contributed by atoms with Crippen LogP contribution in [0.4, 0.5) is 0 Å². The van der Waals surface area contributed by atoms with Crippen molar-refractivity contribution in [2.45, 2.75) is 322 Å². The van der Waals surface area contributed by atoms with Crippen LogP contribution in [0.25, 0.3) is 0 Å². The van der Waals surface area contributed by atoms with Crippen molar-refractivity contribution < 1.29 is 28.6 Å². The van der Waals surface area contributed by atoms with Crippen LogP contribution in [-0.2, 0) is 28.6 Å². The number of allylic oxidation sites excluding steroid dienone is 12. The van der Waals surface area contributed by atoms with Gasteiger partial charge in [-0.05, 0) is 83.5 Å². The first-order valence-electron chi connectivity index (χ1n) is 31.4. The Hall–Kier alpha value is -3.15. The number of hydrogen-bond acceptors (Lipinski definition) is 6. The van der Waals surface area contributed by atoms with E-state index in [1.165, 1.54) is 161 Å². The molecule has 0 saturated heterocycles. The molecule has 0 amide bonds. The zero-order valence-corrected chi connectivity index (χ0v) is 48.4. The molecule has 0 rings (SSSR count). The number of hydrogen-bond donors (Lipinski definition) is 0. The maximum atomic E-state index is 12.8. The van der Waals surface area contributed by atoms with Gasteiger partial charge in [-0.1, -0.05) is 286 Å². The molecule has 0 fully saturated rings. The number of unbranched alkanes of at least 4 members (excludes halogenated alkanes) is 34. The first-order chi connectivity index (χ1) is 36.0.